The predicted molar refractivity (Wildman–Crippen MR) is 105 cm³/mol. The summed E-state index contributed by atoms with van der Waals surface area (Å²) < 4.78 is 1.67. The SMILES string of the molecule is Cc1ccccc1-n1c(/C=C/c2cccnc2)nc2ccccc2c1=O. The fourth-order valence-electron chi connectivity index (χ4n) is 2.95. The Hall–Kier alpha value is -3.53. The van der Waals surface area contributed by atoms with E-state index < -0.39 is 0 Å². The quantitative estimate of drug-likeness (QED) is 0.560. The summed E-state index contributed by atoms with van der Waals surface area (Å²) in [6.45, 7) is 1.99. The Bertz CT molecular complexity index is 1160. The van der Waals surface area contributed by atoms with E-state index >= 15 is 0 Å². The summed E-state index contributed by atoms with van der Waals surface area (Å²) in [4.78, 5) is 22.0. The molecule has 0 amide bonds. The molecule has 2 aromatic carbocycles. The van der Waals surface area contributed by atoms with Crippen LogP contribution in [0.4, 0.5) is 0 Å². The van der Waals surface area contributed by atoms with E-state index in [-0.39, 0.29) is 5.56 Å². The zero-order valence-electron chi connectivity index (χ0n) is 14.3. The topological polar surface area (TPSA) is 47.8 Å². The van der Waals surface area contributed by atoms with Gasteiger partial charge in [0.25, 0.3) is 5.56 Å². The minimum atomic E-state index is -0.0734. The minimum Gasteiger partial charge on any atom is -0.268 e. The molecule has 4 nitrogen and oxygen atoms in total. The summed E-state index contributed by atoms with van der Waals surface area (Å²) in [6, 6.07) is 19.1. The van der Waals surface area contributed by atoms with Crippen LogP contribution in [0.1, 0.15) is 17.0 Å². The first kappa shape index (κ1) is 16.0. The van der Waals surface area contributed by atoms with Crippen LogP contribution in [0.3, 0.4) is 0 Å². The number of hydrogen-bond donors (Lipinski definition) is 0. The minimum absolute atomic E-state index is 0.0734. The number of benzene rings is 2. The molecule has 2 aromatic heterocycles. The second-order valence-electron chi connectivity index (χ2n) is 6.03. The molecule has 0 bridgehead atoms. The Morgan fingerprint density at radius 2 is 1.73 bits per heavy atom. The average Bonchev–Trinajstić information content (AvgIpc) is 2.68. The van der Waals surface area contributed by atoms with Crippen molar-refractivity contribution in [1.29, 1.82) is 0 Å². The van der Waals surface area contributed by atoms with Gasteiger partial charge in [0.15, 0.2) is 0 Å². The lowest BCUT2D eigenvalue weighted by molar-refractivity contribution is 0.934. The van der Waals surface area contributed by atoms with Crippen molar-refractivity contribution in [3.8, 4) is 5.69 Å². The van der Waals surface area contributed by atoms with Crippen molar-refractivity contribution in [3.05, 3.63) is 100 Å². The van der Waals surface area contributed by atoms with Crippen LogP contribution < -0.4 is 5.56 Å². The number of aryl methyl sites for hydroxylation is 1. The van der Waals surface area contributed by atoms with Crippen molar-refractivity contribution in [2.75, 3.05) is 0 Å². The predicted octanol–water partition coefficient (Wildman–Crippen LogP) is 4.26. The van der Waals surface area contributed by atoms with Crippen LogP contribution >= 0.6 is 0 Å². The number of aromatic nitrogens is 3. The summed E-state index contributed by atoms with van der Waals surface area (Å²) >= 11 is 0. The molecule has 0 spiro atoms. The molecule has 0 radical (unpaired) electrons. The molecule has 4 rings (SSSR count). The third kappa shape index (κ3) is 2.93. The van der Waals surface area contributed by atoms with Gasteiger partial charge in [-0.15, -0.1) is 0 Å². The first-order valence-electron chi connectivity index (χ1n) is 8.40. The van der Waals surface area contributed by atoms with Gasteiger partial charge in [-0.3, -0.25) is 14.3 Å². The highest BCUT2D eigenvalue weighted by Gasteiger charge is 2.12. The maximum atomic E-state index is 13.2. The van der Waals surface area contributed by atoms with Crippen LogP contribution in [0.25, 0.3) is 28.7 Å². The number of para-hydroxylation sites is 2. The summed E-state index contributed by atoms with van der Waals surface area (Å²) in [7, 11) is 0. The van der Waals surface area contributed by atoms with Crippen LogP contribution in [-0.4, -0.2) is 14.5 Å². The molecule has 0 aliphatic carbocycles. The van der Waals surface area contributed by atoms with Crippen LogP contribution in [0.15, 0.2) is 77.9 Å². The number of hydrogen-bond acceptors (Lipinski definition) is 3. The molecule has 0 aliphatic rings. The van der Waals surface area contributed by atoms with Gasteiger partial charge < -0.3 is 0 Å². The van der Waals surface area contributed by atoms with Gasteiger partial charge in [-0.25, -0.2) is 4.98 Å². The molecule has 0 N–H and O–H groups in total. The van der Waals surface area contributed by atoms with Crippen LogP contribution in [0, 0.1) is 6.92 Å². The largest absolute Gasteiger partial charge is 0.268 e. The monoisotopic (exact) mass is 339 g/mol. The third-order valence-electron chi connectivity index (χ3n) is 4.27. The van der Waals surface area contributed by atoms with Gasteiger partial charge >= 0.3 is 0 Å². The Labute approximate surface area is 151 Å². The summed E-state index contributed by atoms with van der Waals surface area (Å²) in [5.74, 6) is 0.590. The fraction of sp³-hybridized carbons (Fsp3) is 0.0455. The normalized spacial score (nSPS) is 11.3. The smallest absolute Gasteiger partial charge is 0.266 e. The molecule has 0 atom stereocenters. The molecule has 4 aromatic rings. The number of nitrogens with zero attached hydrogens (tertiary/aromatic N) is 3. The van der Waals surface area contributed by atoms with Crippen molar-refractivity contribution in [2.45, 2.75) is 6.92 Å². The van der Waals surface area contributed by atoms with E-state index in [0.717, 1.165) is 16.8 Å². The van der Waals surface area contributed by atoms with Gasteiger partial charge in [0.05, 0.1) is 16.6 Å². The van der Waals surface area contributed by atoms with Crippen LogP contribution in [-0.2, 0) is 0 Å². The first-order chi connectivity index (χ1) is 12.7. The van der Waals surface area contributed by atoms with Crippen molar-refractivity contribution < 1.29 is 0 Å². The Morgan fingerprint density at radius 1 is 0.923 bits per heavy atom. The zero-order chi connectivity index (χ0) is 17.9. The molecule has 0 saturated heterocycles. The molecular formula is C22H17N3O. The molecule has 0 unspecified atom stereocenters. The second kappa shape index (κ2) is 6.76. The lowest BCUT2D eigenvalue weighted by Gasteiger charge is -2.13. The molecule has 4 heteroatoms. The summed E-state index contributed by atoms with van der Waals surface area (Å²) in [5.41, 5.74) is 3.42. The van der Waals surface area contributed by atoms with Gasteiger partial charge in [-0.1, -0.05) is 36.4 Å². The van der Waals surface area contributed by atoms with Crippen molar-refractivity contribution in [1.82, 2.24) is 14.5 Å². The number of pyridine rings is 1. The van der Waals surface area contributed by atoms with Crippen molar-refractivity contribution in [2.24, 2.45) is 0 Å². The molecule has 0 fully saturated rings. The summed E-state index contributed by atoms with van der Waals surface area (Å²) in [5, 5.41) is 0.606. The van der Waals surface area contributed by atoms with Gasteiger partial charge in [0, 0.05) is 12.4 Å². The van der Waals surface area contributed by atoms with Gasteiger partial charge in [-0.2, -0.15) is 0 Å². The van der Waals surface area contributed by atoms with Gasteiger partial charge in [0.1, 0.15) is 5.82 Å². The van der Waals surface area contributed by atoms with Gasteiger partial charge in [0.2, 0.25) is 0 Å². The zero-order valence-corrected chi connectivity index (χ0v) is 14.3. The number of fused-ring (bicyclic) bond motifs is 1. The fourth-order valence-corrected chi connectivity index (χ4v) is 2.95. The maximum Gasteiger partial charge on any atom is 0.266 e. The summed E-state index contributed by atoms with van der Waals surface area (Å²) in [6.07, 6.45) is 7.28. The maximum absolute atomic E-state index is 13.2. The molecule has 2 heterocycles. The molecule has 26 heavy (non-hydrogen) atoms. The van der Waals surface area contributed by atoms with Crippen molar-refractivity contribution in [3.63, 3.8) is 0 Å². The van der Waals surface area contributed by atoms with E-state index in [0.29, 0.717) is 16.7 Å². The average molecular weight is 339 g/mol. The van der Waals surface area contributed by atoms with E-state index in [2.05, 4.69) is 4.98 Å². The molecule has 0 aliphatic heterocycles. The Kier molecular flexibility index (Phi) is 4.15. The van der Waals surface area contributed by atoms with Crippen LogP contribution in [0.5, 0.6) is 0 Å². The van der Waals surface area contributed by atoms with E-state index in [1.807, 2.05) is 79.7 Å². The number of rotatable bonds is 3. The highest BCUT2D eigenvalue weighted by molar-refractivity contribution is 5.80. The standard InChI is InChI=1S/C22H17N3O/c1-16-7-2-5-11-20(16)25-21(13-12-17-8-6-14-23-15-17)24-19-10-4-3-9-18(19)22(25)26/h2-15H,1H3/b13-12+. The molecule has 126 valence electrons. The molecule has 0 saturated carbocycles. The third-order valence-corrected chi connectivity index (χ3v) is 4.27. The van der Waals surface area contributed by atoms with E-state index in [9.17, 15) is 4.79 Å². The van der Waals surface area contributed by atoms with Gasteiger partial charge in [-0.05, 0) is 54.5 Å². The van der Waals surface area contributed by atoms with Crippen LogP contribution in [0.2, 0.25) is 0 Å². The lowest BCUT2D eigenvalue weighted by Crippen LogP contribution is -2.23. The highest BCUT2D eigenvalue weighted by Crippen LogP contribution is 2.17. The highest BCUT2D eigenvalue weighted by atomic mass is 16.1. The van der Waals surface area contributed by atoms with E-state index in [1.54, 1.807) is 17.0 Å². The Balaban J connectivity index is 1.99. The lowest BCUT2D eigenvalue weighted by atomic mass is 10.1. The van der Waals surface area contributed by atoms with Crippen molar-refractivity contribution >= 4 is 23.1 Å². The van der Waals surface area contributed by atoms with E-state index in [1.165, 1.54) is 0 Å². The molecular weight excluding hydrogens is 322 g/mol. The first-order valence-corrected chi connectivity index (χ1v) is 8.40. The Morgan fingerprint density at radius 3 is 2.54 bits per heavy atom. The van der Waals surface area contributed by atoms with E-state index in [4.69, 9.17) is 4.98 Å². The second-order valence-corrected chi connectivity index (χ2v) is 6.03.